The standard InChI is InChI=1S/C14H22ClN3O/c1-4-18(9-5-8-17(2)3)14(19)12-10-11(16)6-7-13(12)15/h6-7,10H,4-5,8-9,16H2,1-3H3. The third-order valence-electron chi connectivity index (χ3n) is 2.92. The van der Waals surface area contributed by atoms with Gasteiger partial charge in [-0.05, 0) is 52.2 Å². The van der Waals surface area contributed by atoms with Crippen LogP contribution in [-0.2, 0) is 0 Å². The normalized spacial score (nSPS) is 10.8. The predicted octanol–water partition coefficient (Wildman–Crippen LogP) is 2.34. The second-order valence-corrected chi connectivity index (χ2v) is 5.19. The summed E-state index contributed by atoms with van der Waals surface area (Å²) < 4.78 is 0. The van der Waals surface area contributed by atoms with Crippen molar-refractivity contribution in [2.24, 2.45) is 0 Å². The van der Waals surface area contributed by atoms with Crippen molar-refractivity contribution in [3.05, 3.63) is 28.8 Å². The van der Waals surface area contributed by atoms with Gasteiger partial charge in [0.05, 0.1) is 10.6 Å². The van der Waals surface area contributed by atoms with Crippen molar-refractivity contribution >= 4 is 23.2 Å². The fourth-order valence-corrected chi connectivity index (χ4v) is 2.06. The van der Waals surface area contributed by atoms with Crippen LogP contribution in [0, 0.1) is 0 Å². The first-order valence-corrected chi connectivity index (χ1v) is 6.82. The predicted molar refractivity (Wildman–Crippen MR) is 80.6 cm³/mol. The molecule has 0 unspecified atom stereocenters. The van der Waals surface area contributed by atoms with Gasteiger partial charge < -0.3 is 15.5 Å². The number of benzene rings is 1. The van der Waals surface area contributed by atoms with E-state index in [4.69, 9.17) is 17.3 Å². The van der Waals surface area contributed by atoms with Crippen LogP contribution < -0.4 is 5.73 Å². The SMILES string of the molecule is CCN(CCCN(C)C)C(=O)c1cc(N)ccc1Cl. The highest BCUT2D eigenvalue weighted by molar-refractivity contribution is 6.34. The molecule has 1 aromatic rings. The molecule has 0 atom stereocenters. The highest BCUT2D eigenvalue weighted by atomic mass is 35.5. The summed E-state index contributed by atoms with van der Waals surface area (Å²) in [4.78, 5) is 16.3. The molecule has 1 rings (SSSR count). The van der Waals surface area contributed by atoms with Crippen LogP contribution in [0.1, 0.15) is 23.7 Å². The van der Waals surface area contributed by atoms with Gasteiger partial charge in [-0.3, -0.25) is 4.79 Å². The van der Waals surface area contributed by atoms with Crippen molar-refractivity contribution in [1.82, 2.24) is 9.80 Å². The molecule has 0 fully saturated rings. The van der Waals surface area contributed by atoms with E-state index in [2.05, 4.69) is 4.90 Å². The molecule has 0 heterocycles. The fraction of sp³-hybridized carbons (Fsp3) is 0.500. The molecule has 4 nitrogen and oxygen atoms in total. The molecule has 5 heteroatoms. The first-order chi connectivity index (χ1) is 8.95. The molecule has 0 aromatic heterocycles. The van der Waals surface area contributed by atoms with E-state index < -0.39 is 0 Å². The number of amides is 1. The number of rotatable bonds is 6. The summed E-state index contributed by atoms with van der Waals surface area (Å²) in [6.45, 7) is 4.30. The Bertz CT molecular complexity index is 435. The van der Waals surface area contributed by atoms with Crippen LogP contribution >= 0.6 is 11.6 Å². The van der Waals surface area contributed by atoms with E-state index in [-0.39, 0.29) is 5.91 Å². The monoisotopic (exact) mass is 283 g/mol. The van der Waals surface area contributed by atoms with E-state index in [0.717, 1.165) is 19.5 Å². The average molecular weight is 284 g/mol. The van der Waals surface area contributed by atoms with Crippen LogP contribution in [0.25, 0.3) is 0 Å². The van der Waals surface area contributed by atoms with Gasteiger partial charge >= 0.3 is 0 Å². The lowest BCUT2D eigenvalue weighted by molar-refractivity contribution is 0.0759. The van der Waals surface area contributed by atoms with Crippen LogP contribution in [0.3, 0.4) is 0 Å². The lowest BCUT2D eigenvalue weighted by atomic mass is 10.1. The van der Waals surface area contributed by atoms with E-state index in [1.807, 2.05) is 21.0 Å². The summed E-state index contributed by atoms with van der Waals surface area (Å²) in [5, 5.41) is 0.449. The Balaban J connectivity index is 2.75. The Labute approximate surface area is 120 Å². The molecule has 2 N–H and O–H groups in total. The maximum Gasteiger partial charge on any atom is 0.255 e. The van der Waals surface area contributed by atoms with Gasteiger partial charge in [0.15, 0.2) is 0 Å². The molecule has 0 aliphatic carbocycles. The van der Waals surface area contributed by atoms with E-state index in [9.17, 15) is 4.79 Å². The average Bonchev–Trinajstić information content (AvgIpc) is 2.36. The quantitative estimate of drug-likeness (QED) is 0.815. The minimum atomic E-state index is -0.0569. The van der Waals surface area contributed by atoms with Crippen molar-refractivity contribution < 1.29 is 4.79 Å². The van der Waals surface area contributed by atoms with Gasteiger partial charge in [-0.25, -0.2) is 0 Å². The Morgan fingerprint density at radius 3 is 2.58 bits per heavy atom. The van der Waals surface area contributed by atoms with Crippen LogP contribution in [0.4, 0.5) is 5.69 Å². The number of carbonyl (C=O) groups is 1. The van der Waals surface area contributed by atoms with Crippen molar-refractivity contribution in [2.45, 2.75) is 13.3 Å². The molecular weight excluding hydrogens is 262 g/mol. The summed E-state index contributed by atoms with van der Waals surface area (Å²) in [6.07, 6.45) is 0.937. The van der Waals surface area contributed by atoms with Crippen molar-refractivity contribution in [2.75, 3.05) is 39.5 Å². The van der Waals surface area contributed by atoms with Crippen LogP contribution in [-0.4, -0.2) is 49.4 Å². The third kappa shape index (κ3) is 4.73. The number of anilines is 1. The Hall–Kier alpha value is -1.26. The van der Waals surface area contributed by atoms with Gasteiger partial charge in [-0.2, -0.15) is 0 Å². The maximum absolute atomic E-state index is 12.4. The number of carbonyl (C=O) groups excluding carboxylic acids is 1. The van der Waals surface area contributed by atoms with E-state index in [1.54, 1.807) is 23.1 Å². The first-order valence-electron chi connectivity index (χ1n) is 6.44. The summed E-state index contributed by atoms with van der Waals surface area (Å²) >= 11 is 6.07. The zero-order chi connectivity index (χ0) is 14.4. The molecule has 0 aliphatic heterocycles. The van der Waals surface area contributed by atoms with Crippen LogP contribution in [0.15, 0.2) is 18.2 Å². The smallest absolute Gasteiger partial charge is 0.255 e. The zero-order valence-corrected chi connectivity index (χ0v) is 12.6. The van der Waals surface area contributed by atoms with Gasteiger partial charge in [0.25, 0.3) is 5.91 Å². The maximum atomic E-state index is 12.4. The summed E-state index contributed by atoms with van der Waals surface area (Å²) in [7, 11) is 4.04. The molecule has 0 bridgehead atoms. The number of hydrogen-bond donors (Lipinski definition) is 1. The van der Waals surface area contributed by atoms with Gasteiger partial charge in [0.2, 0.25) is 0 Å². The second-order valence-electron chi connectivity index (χ2n) is 4.78. The Kier molecular flexibility index (Phi) is 6.12. The molecule has 0 aliphatic rings. The number of halogens is 1. The molecule has 1 aromatic carbocycles. The fourth-order valence-electron chi connectivity index (χ4n) is 1.86. The molecule has 1 amide bonds. The van der Waals surface area contributed by atoms with E-state index >= 15 is 0 Å². The number of hydrogen-bond acceptors (Lipinski definition) is 3. The summed E-state index contributed by atoms with van der Waals surface area (Å²) in [6, 6.07) is 5.00. The highest BCUT2D eigenvalue weighted by Crippen LogP contribution is 2.20. The molecule has 106 valence electrons. The van der Waals surface area contributed by atoms with Crippen LogP contribution in [0.2, 0.25) is 5.02 Å². The number of nitrogens with zero attached hydrogens (tertiary/aromatic N) is 2. The second kappa shape index (κ2) is 7.36. The lowest BCUT2D eigenvalue weighted by Crippen LogP contribution is -2.33. The molecule has 19 heavy (non-hydrogen) atoms. The van der Waals surface area contributed by atoms with E-state index in [1.165, 1.54) is 0 Å². The largest absolute Gasteiger partial charge is 0.399 e. The van der Waals surface area contributed by atoms with Gasteiger partial charge in [0.1, 0.15) is 0 Å². The lowest BCUT2D eigenvalue weighted by Gasteiger charge is -2.22. The van der Waals surface area contributed by atoms with Crippen molar-refractivity contribution in [1.29, 1.82) is 0 Å². The molecular formula is C14H22ClN3O. The highest BCUT2D eigenvalue weighted by Gasteiger charge is 2.17. The Morgan fingerprint density at radius 1 is 1.32 bits per heavy atom. The first kappa shape index (κ1) is 15.8. The van der Waals surface area contributed by atoms with E-state index in [0.29, 0.717) is 22.8 Å². The molecule has 0 spiro atoms. The molecule has 0 saturated heterocycles. The topological polar surface area (TPSA) is 49.6 Å². The number of nitrogens with two attached hydrogens (primary N) is 1. The number of nitrogen functional groups attached to an aromatic ring is 1. The van der Waals surface area contributed by atoms with Crippen LogP contribution in [0.5, 0.6) is 0 Å². The van der Waals surface area contributed by atoms with Crippen molar-refractivity contribution in [3.8, 4) is 0 Å². The summed E-state index contributed by atoms with van der Waals surface area (Å²) in [5.41, 5.74) is 6.74. The minimum absolute atomic E-state index is 0.0569. The Morgan fingerprint density at radius 2 is 2.00 bits per heavy atom. The molecule has 0 saturated carbocycles. The third-order valence-corrected chi connectivity index (χ3v) is 3.25. The van der Waals surface area contributed by atoms with Gasteiger partial charge in [0, 0.05) is 18.8 Å². The minimum Gasteiger partial charge on any atom is -0.399 e. The zero-order valence-electron chi connectivity index (χ0n) is 11.8. The molecule has 0 radical (unpaired) electrons. The van der Waals surface area contributed by atoms with Gasteiger partial charge in [-0.1, -0.05) is 11.6 Å². The van der Waals surface area contributed by atoms with Gasteiger partial charge in [-0.15, -0.1) is 0 Å². The summed E-state index contributed by atoms with van der Waals surface area (Å²) in [5.74, 6) is -0.0569. The van der Waals surface area contributed by atoms with Crippen molar-refractivity contribution in [3.63, 3.8) is 0 Å².